The molecule has 0 aromatic carbocycles. The molecule has 9 atom stereocenters. The summed E-state index contributed by atoms with van der Waals surface area (Å²) in [6.45, 7) is 15.4. The van der Waals surface area contributed by atoms with Crippen LogP contribution >= 0.6 is 0 Å². The first kappa shape index (κ1) is 22.2. The maximum atomic E-state index is 2.76. The van der Waals surface area contributed by atoms with Crippen molar-refractivity contribution in [2.45, 2.75) is 125 Å². The molecule has 0 radical (unpaired) electrons. The van der Waals surface area contributed by atoms with Crippen molar-refractivity contribution in [3.8, 4) is 0 Å². The lowest BCUT2D eigenvalue weighted by Gasteiger charge is -2.61. The number of rotatable bonds is 6. The van der Waals surface area contributed by atoms with Crippen molar-refractivity contribution in [2.75, 3.05) is 0 Å². The molecule has 0 N–H and O–H groups in total. The van der Waals surface area contributed by atoms with E-state index in [2.05, 4.69) is 41.5 Å². The molecule has 0 bridgehead atoms. The maximum Gasteiger partial charge on any atom is -0.0264 e. The smallest absolute Gasteiger partial charge is 0.0264 e. The number of hydrogen-bond acceptors (Lipinski definition) is 0. The molecule has 0 heteroatoms. The molecule has 0 amide bonds. The monoisotopic (exact) mass is 400 g/mol. The summed E-state index contributed by atoms with van der Waals surface area (Å²) in [5, 5.41) is 0. The van der Waals surface area contributed by atoms with Crippen LogP contribution in [0.1, 0.15) is 125 Å². The second kappa shape index (κ2) is 8.50. The highest BCUT2D eigenvalue weighted by Gasteiger charge is 2.60. The highest BCUT2D eigenvalue weighted by molar-refractivity contribution is 5.09. The van der Waals surface area contributed by atoms with Gasteiger partial charge in [0.15, 0.2) is 0 Å². The number of fused-ring (bicyclic) bond motifs is 5. The van der Waals surface area contributed by atoms with Crippen LogP contribution in [0.3, 0.4) is 0 Å². The number of hydrogen-bond donors (Lipinski definition) is 0. The minimum absolute atomic E-state index is 0.665. The van der Waals surface area contributed by atoms with Crippen LogP contribution in [0.5, 0.6) is 0 Å². The third-order valence-corrected chi connectivity index (χ3v) is 11.8. The standard InChI is InChI=1S/C29H52/c1-7-22(20(2)3)12-11-21(4)25-15-16-26-24-14-13-23-10-8-9-18-28(23,5)27(24)17-19-29(25,26)6/h20-27H,7-19H2,1-6H3/t21-,22+,23?,24+,25-,26+,27+,28+,29-/m1/s1. The lowest BCUT2D eigenvalue weighted by Crippen LogP contribution is -2.53. The fourth-order valence-electron chi connectivity index (χ4n) is 9.96. The van der Waals surface area contributed by atoms with E-state index in [9.17, 15) is 0 Å². The zero-order valence-electron chi connectivity index (χ0n) is 20.8. The van der Waals surface area contributed by atoms with Crippen molar-refractivity contribution in [1.29, 1.82) is 0 Å². The van der Waals surface area contributed by atoms with E-state index in [0.717, 1.165) is 47.3 Å². The Morgan fingerprint density at radius 2 is 1.52 bits per heavy atom. The van der Waals surface area contributed by atoms with Gasteiger partial charge >= 0.3 is 0 Å². The van der Waals surface area contributed by atoms with Crippen LogP contribution in [0.15, 0.2) is 0 Å². The second-order valence-electron chi connectivity index (χ2n) is 13.1. The quantitative estimate of drug-likeness (QED) is 0.417. The van der Waals surface area contributed by atoms with Crippen molar-refractivity contribution in [1.82, 2.24) is 0 Å². The summed E-state index contributed by atoms with van der Waals surface area (Å²) in [5.74, 6) is 8.02. The summed E-state index contributed by atoms with van der Waals surface area (Å²) in [5.41, 5.74) is 1.37. The predicted molar refractivity (Wildman–Crippen MR) is 127 cm³/mol. The van der Waals surface area contributed by atoms with E-state index >= 15 is 0 Å². The van der Waals surface area contributed by atoms with E-state index in [1.807, 2.05) is 0 Å². The second-order valence-corrected chi connectivity index (χ2v) is 13.1. The van der Waals surface area contributed by atoms with Gasteiger partial charge < -0.3 is 0 Å². The van der Waals surface area contributed by atoms with Gasteiger partial charge in [-0.05, 0) is 116 Å². The van der Waals surface area contributed by atoms with Crippen molar-refractivity contribution in [3.05, 3.63) is 0 Å². The zero-order valence-corrected chi connectivity index (χ0v) is 20.8. The first-order valence-electron chi connectivity index (χ1n) is 13.8. The van der Waals surface area contributed by atoms with Gasteiger partial charge in [0.25, 0.3) is 0 Å². The minimum atomic E-state index is 0.665. The highest BCUT2D eigenvalue weighted by Crippen LogP contribution is 2.68. The molecule has 4 aliphatic carbocycles. The summed E-state index contributed by atoms with van der Waals surface area (Å²) in [7, 11) is 0. The van der Waals surface area contributed by atoms with Crippen LogP contribution in [-0.2, 0) is 0 Å². The summed E-state index contributed by atoms with van der Waals surface area (Å²) < 4.78 is 0. The van der Waals surface area contributed by atoms with Gasteiger partial charge in [-0.1, -0.05) is 67.2 Å². The Bertz CT molecular complexity index is 548. The van der Waals surface area contributed by atoms with Gasteiger partial charge in [-0.15, -0.1) is 0 Å². The summed E-state index contributed by atoms with van der Waals surface area (Å²) >= 11 is 0. The Morgan fingerprint density at radius 3 is 2.24 bits per heavy atom. The molecule has 4 saturated carbocycles. The molecule has 1 unspecified atom stereocenters. The minimum Gasteiger partial charge on any atom is -0.0651 e. The van der Waals surface area contributed by atoms with Crippen LogP contribution in [0.4, 0.5) is 0 Å². The SMILES string of the molecule is CC[C@@H](CC[C@@H](C)[C@H]1CC[C@H]2[C@@H]3CCC4CCCC[C@]4(C)[C@H]3CC[C@]12C)C(C)C. The Hall–Kier alpha value is 0. The van der Waals surface area contributed by atoms with Gasteiger partial charge in [0, 0.05) is 0 Å². The molecule has 4 fully saturated rings. The molecule has 0 aromatic heterocycles. The van der Waals surface area contributed by atoms with E-state index in [4.69, 9.17) is 0 Å². The zero-order chi connectivity index (χ0) is 20.8. The fourth-order valence-corrected chi connectivity index (χ4v) is 9.96. The van der Waals surface area contributed by atoms with Gasteiger partial charge in [0.1, 0.15) is 0 Å². The molecule has 0 spiro atoms. The molecule has 0 nitrogen and oxygen atoms in total. The van der Waals surface area contributed by atoms with Crippen LogP contribution in [0.2, 0.25) is 0 Å². The van der Waals surface area contributed by atoms with Gasteiger partial charge in [0.05, 0.1) is 0 Å². The van der Waals surface area contributed by atoms with E-state index in [1.165, 1.54) is 32.1 Å². The van der Waals surface area contributed by atoms with Gasteiger partial charge in [-0.3, -0.25) is 0 Å². The lowest BCUT2D eigenvalue weighted by atomic mass is 9.44. The van der Waals surface area contributed by atoms with Gasteiger partial charge in [-0.25, -0.2) is 0 Å². The van der Waals surface area contributed by atoms with Crippen molar-refractivity contribution in [3.63, 3.8) is 0 Å². The third-order valence-electron chi connectivity index (χ3n) is 11.8. The largest absolute Gasteiger partial charge is 0.0651 e. The molecule has 0 saturated heterocycles. The fraction of sp³-hybridized carbons (Fsp3) is 1.00. The maximum absolute atomic E-state index is 2.76. The molecule has 29 heavy (non-hydrogen) atoms. The van der Waals surface area contributed by atoms with Crippen molar-refractivity contribution in [2.24, 2.45) is 58.2 Å². The average molecular weight is 401 g/mol. The topological polar surface area (TPSA) is 0 Å². The van der Waals surface area contributed by atoms with Crippen LogP contribution in [0.25, 0.3) is 0 Å². The van der Waals surface area contributed by atoms with Crippen molar-refractivity contribution >= 4 is 0 Å². The van der Waals surface area contributed by atoms with Gasteiger partial charge in [0.2, 0.25) is 0 Å². The van der Waals surface area contributed by atoms with Crippen LogP contribution < -0.4 is 0 Å². The molecular weight excluding hydrogens is 348 g/mol. The Balaban J connectivity index is 1.45. The molecular formula is C29H52. The van der Waals surface area contributed by atoms with Crippen LogP contribution in [-0.4, -0.2) is 0 Å². The first-order chi connectivity index (χ1) is 13.8. The molecule has 4 rings (SSSR count). The predicted octanol–water partition coefficient (Wildman–Crippen LogP) is 9.13. The lowest BCUT2D eigenvalue weighted by molar-refractivity contribution is -0.114. The van der Waals surface area contributed by atoms with E-state index in [-0.39, 0.29) is 0 Å². The average Bonchev–Trinajstić information content (AvgIpc) is 3.05. The molecule has 4 aliphatic rings. The Morgan fingerprint density at radius 1 is 0.759 bits per heavy atom. The van der Waals surface area contributed by atoms with Gasteiger partial charge in [-0.2, -0.15) is 0 Å². The van der Waals surface area contributed by atoms with Crippen molar-refractivity contribution < 1.29 is 0 Å². The van der Waals surface area contributed by atoms with E-state index in [0.29, 0.717) is 10.8 Å². The summed E-state index contributed by atoms with van der Waals surface area (Å²) in [6.07, 6.45) is 19.8. The normalized spacial score (nSPS) is 46.7. The summed E-state index contributed by atoms with van der Waals surface area (Å²) in [4.78, 5) is 0. The summed E-state index contributed by atoms with van der Waals surface area (Å²) in [6, 6.07) is 0. The molecule has 0 aromatic rings. The third kappa shape index (κ3) is 3.75. The molecule has 0 heterocycles. The van der Waals surface area contributed by atoms with E-state index < -0.39 is 0 Å². The highest BCUT2D eigenvalue weighted by atomic mass is 14.6. The molecule has 168 valence electrons. The van der Waals surface area contributed by atoms with Crippen LogP contribution in [0, 0.1) is 58.2 Å². The van der Waals surface area contributed by atoms with E-state index in [1.54, 1.807) is 51.4 Å². The first-order valence-corrected chi connectivity index (χ1v) is 13.8. The Labute approximate surface area is 183 Å². The molecule has 0 aliphatic heterocycles. The Kier molecular flexibility index (Phi) is 6.51.